The van der Waals surface area contributed by atoms with Crippen molar-refractivity contribution in [1.29, 1.82) is 0 Å². The number of rotatable bonds is 5. The zero-order chi connectivity index (χ0) is 27.4. The van der Waals surface area contributed by atoms with Crippen molar-refractivity contribution in [2.75, 3.05) is 25.1 Å². The third kappa shape index (κ3) is 4.28. The number of nitrogens with zero attached hydrogens (tertiary/aromatic N) is 8. The molecule has 0 aromatic carbocycles. The third-order valence-corrected chi connectivity index (χ3v) is 7.06. The molecule has 0 atom stereocenters. The van der Waals surface area contributed by atoms with Crippen LogP contribution < -0.4 is 5.32 Å². The Morgan fingerprint density at radius 2 is 2.02 bits per heavy atom. The third-order valence-electron chi connectivity index (χ3n) is 7.06. The van der Waals surface area contributed by atoms with Crippen LogP contribution in [0.15, 0.2) is 54.4 Å². The van der Waals surface area contributed by atoms with Gasteiger partial charge in [-0.25, -0.2) is 33.1 Å². The number of likely N-dealkylation sites (tertiary alicyclic amines) is 1. The highest BCUT2D eigenvalue weighted by molar-refractivity contribution is 6.16. The SMILES string of the molecule is Cc1cn(-c2nccc3[nH]c(C4=NCNc5ncc(-c6cncc(CN7CCC(F)(F)C7)c6)c(F)c54)nc23)cn1. The van der Waals surface area contributed by atoms with Crippen LogP contribution in [0.25, 0.3) is 28.0 Å². The van der Waals surface area contributed by atoms with Crippen molar-refractivity contribution in [3.8, 4) is 16.9 Å². The molecule has 1 fully saturated rings. The van der Waals surface area contributed by atoms with Gasteiger partial charge in [0.2, 0.25) is 0 Å². The summed E-state index contributed by atoms with van der Waals surface area (Å²) in [6, 6.07) is 3.55. The Morgan fingerprint density at radius 1 is 1.12 bits per heavy atom. The lowest BCUT2D eigenvalue weighted by molar-refractivity contribution is 0.0115. The van der Waals surface area contributed by atoms with Gasteiger partial charge < -0.3 is 10.3 Å². The van der Waals surface area contributed by atoms with E-state index in [9.17, 15) is 8.78 Å². The Labute approximate surface area is 226 Å². The molecule has 13 heteroatoms. The Morgan fingerprint density at radius 3 is 2.83 bits per heavy atom. The second-order valence-corrected chi connectivity index (χ2v) is 9.99. The van der Waals surface area contributed by atoms with Crippen LogP contribution in [0.5, 0.6) is 0 Å². The fourth-order valence-corrected chi connectivity index (χ4v) is 5.19. The highest BCUT2D eigenvalue weighted by Crippen LogP contribution is 2.33. The van der Waals surface area contributed by atoms with Gasteiger partial charge in [-0.1, -0.05) is 0 Å². The van der Waals surface area contributed by atoms with Gasteiger partial charge >= 0.3 is 0 Å². The maximum atomic E-state index is 16.3. The summed E-state index contributed by atoms with van der Waals surface area (Å²) in [6.45, 7) is 2.39. The summed E-state index contributed by atoms with van der Waals surface area (Å²) in [4.78, 5) is 31.7. The van der Waals surface area contributed by atoms with Gasteiger partial charge in [0.15, 0.2) is 11.6 Å². The number of nitrogens with one attached hydrogen (secondary N) is 2. The molecule has 40 heavy (non-hydrogen) atoms. The molecule has 7 heterocycles. The monoisotopic (exact) mass is 544 g/mol. The molecule has 2 aliphatic rings. The highest BCUT2D eigenvalue weighted by Gasteiger charge is 2.38. The zero-order valence-electron chi connectivity index (χ0n) is 21.4. The molecule has 0 spiro atoms. The van der Waals surface area contributed by atoms with Crippen molar-refractivity contribution in [1.82, 2.24) is 39.4 Å². The van der Waals surface area contributed by atoms with Crippen LogP contribution in [-0.2, 0) is 6.54 Å². The minimum absolute atomic E-state index is 0.167. The van der Waals surface area contributed by atoms with Gasteiger partial charge in [0.05, 0.1) is 23.3 Å². The number of hydrogen-bond donors (Lipinski definition) is 2. The molecule has 2 aliphatic heterocycles. The van der Waals surface area contributed by atoms with Crippen LogP contribution in [0.1, 0.15) is 29.1 Å². The fraction of sp³-hybridized carbons (Fsp3) is 0.259. The number of aryl methyl sites for hydroxylation is 1. The number of fused-ring (bicyclic) bond motifs is 2. The van der Waals surface area contributed by atoms with Crippen molar-refractivity contribution in [3.05, 3.63) is 77.9 Å². The zero-order valence-corrected chi connectivity index (χ0v) is 21.4. The maximum absolute atomic E-state index is 16.3. The van der Waals surface area contributed by atoms with Crippen LogP contribution >= 0.6 is 0 Å². The smallest absolute Gasteiger partial charge is 0.261 e. The van der Waals surface area contributed by atoms with Crippen molar-refractivity contribution in [2.45, 2.75) is 25.8 Å². The number of aromatic amines is 1. The van der Waals surface area contributed by atoms with E-state index >= 15 is 4.39 Å². The standard InChI is InChI=1S/C27H23F3N10/c1-15-10-40(14-36-15)26-22-19(2-4-32-26)37-25(38-22)23-20-21(28)18(9-33-24(20)35-13-34-23)17-6-16(7-31-8-17)11-39-5-3-27(29,30)12-39/h2,4,6-10,14H,3,5,11-13H2,1H3,(H,33,35)(H,37,38). The topological polar surface area (TPSA) is 113 Å². The normalized spacial score (nSPS) is 16.6. The van der Waals surface area contributed by atoms with Crippen LogP contribution in [0.4, 0.5) is 19.0 Å². The molecule has 7 rings (SSSR count). The van der Waals surface area contributed by atoms with Crippen molar-refractivity contribution >= 4 is 22.6 Å². The molecule has 2 N–H and O–H groups in total. The molecule has 10 nitrogen and oxygen atoms in total. The quantitative estimate of drug-likeness (QED) is 0.342. The summed E-state index contributed by atoms with van der Waals surface area (Å²) in [5, 5.41) is 3.02. The second-order valence-electron chi connectivity index (χ2n) is 9.99. The van der Waals surface area contributed by atoms with E-state index in [4.69, 9.17) is 4.98 Å². The van der Waals surface area contributed by atoms with Crippen LogP contribution in [0.3, 0.4) is 0 Å². The van der Waals surface area contributed by atoms with Crippen molar-refractivity contribution in [3.63, 3.8) is 0 Å². The predicted octanol–water partition coefficient (Wildman–Crippen LogP) is 4.11. The first-order chi connectivity index (χ1) is 19.3. The average Bonchev–Trinajstić information content (AvgIpc) is 3.66. The van der Waals surface area contributed by atoms with Crippen LogP contribution in [-0.4, -0.2) is 70.8 Å². The van der Waals surface area contributed by atoms with Gasteiger partial charge in [-0.15, -0.1) is 0 Å². The van der Waals surface area contributed by atoms with E-state index in [0.29, 0.717) is 58.4 Å². The lowest BCUT2D eigenvalue weighted by Gasteiger charge is -2.19. The molecule has 5 aromatic rings. The maximum Gasteiger partial charge on any atom is 0.261 e. The van der Waals surface area contributed by atoms with Gasteiger partial charge in [0, 0.05) is 61.6 Å². The van der Waals surface area contributed by atoms with Crippen LogP contribution in [0.2, 0.25) is 0 Å². The molecule has 5 aromatic heterocycles. The minimum atomic E-state index is -2.69. The summed E-state index contributed by atoms with van der Waals surface area (Å²) in [6.07, 6.45) is 9.60. The molecule has 0 unspecified atom stereocenters. The molecule has 0 bridgehead atoms. The Balaban J connectivity index is 1.26. The molecular weight excluding hydrogens is 521 g/mol. The Kier molecular flexibility index (Phi) is 5.63. The van der Waals surface area contributed by atoms with Gasteiger partial charge in [-0.3, -0.25) is 19.4 Å². The number of hydrogen-bond acceptors (Lipinski definition) is 8. The lowest BCUT2D eigenvalue weighted by Crippen LogP contribution is -2.24. The lowest BCUT2D eigenvalue weighted by atomic mass is 10.0. The first-order valence-corrected chi connectivity index (χ1v) is 12.7. The fourth-order valence-electron chi connectivity index (χ4n) is 5.19. The Hall–Kier alpha value is -4.65. The van der Waals surface area contributed by atoms with E-state index in [1.54, 1.807) is 40.3 Å². The van der Waals surface area contributed by atoms with E-state index in [-0.39, 0.29) is 30.8 Å². The molecule has 0 amide bonds. The number of alkyl halides is 2. The first kappa shape index (κ1) is 24.4. The molecule has 0 radical (unpaired) electrons. The molecular formula is C27H23F3N10. The van der Waals surface area contributed by atoms with Crippen molar-refractivity contribution in [2.24, 2.45) is 4.99 Å². The van der Waals surface area contributed by atoms with Gasteiger partial charge in [0.1, 0.15) is 35.9 Å². The molecule has 1 saturated heterocycles. The number of H-pyrrole nitrogens is 1. The number of aromatic nitrogens is 7. The van der Waals surface area contributed by atoms with Gasteiger partial charge in [-0.05, 0) is 24.6 Å². The molecule has 0 aliphatic carbocycles. The van der Waals surface area contributed by atoms with Gasteiger partial charge in [0.25, 0.3) is 5.92 Å². The summed E-state index contributed by atoms with van der Waals surface area (Å²) < 4.78 is 45.4. The van der Waals surface area contributed by atoms with Gasteiger partial charge in [-0.2, -0.15) is 0 Å². The number of anilines is 1. The minimum Gasteiger partial charge on any atom is -0.350 e. The van der Waals surface area contributed by atoms with E-state index in [1.165, 1.54) is 12.4 Å². The van der Waals surface area contributed by atoms with E-state index in [2.05, 4.69) is 35.2 Å². The summed E-state index contributed by atoms with van der Waals surface area (Å²) in [7, 11) is 0. The van der Waals surface area contributed by atoms with Crippen LogP contribution in [0, 0.1) is 12.7 Å². The predicted molar refractivity (Wildman–Crippen MR) is 142 cm³/mol. The highest BCUT2D eigenvalue weighted by atomic mass is 19.3. The number of halogens is 3. The summed E-state index contributed by atoms with van der Waals surface area (Å²) in [5.41, 5.74) is 4.08. The number of imidazole rings is 2. The first-order valence-electron chi connectivity index (χ1n) is 12.7. The van der Waals surface area contributed by atoms with E-state index in [1.807, 2.05) is 13.1 Å². The second kappa shape index (κ2) is 9.23. The van der Waals surface area contributed by atoms with E-state index < -0.39 is 11.7 Å². The largest absolute Gasteiger partial charge is 0.350 e. The number of pyridine rings is 3. The number of aliphatic imine (C=N–C) groups is 1. The molecule has 0 saturated carbocycles. The van der Waals surface area contributed by atoms with E-state index in [0.717, 1.165) is 5.69 Å². The average molecular weight is 545 g/mol. The Bertz CT molecular complexity index is 1790. The molecule has 202 valence electrons. The van der Waals surface area contributed by atoms with Crippen molar-refractivity contribution < 1.29 is 13.2 Å². The summed E-state index contributed by atoms with van der Waals surface area (Å²) >= 11 is 0. The summed E-state index contributed by atoms with van der Waals surface area (Å²) in [5.74, 6) is -1.91.